The van der Waals surface area contributed by atoms with E-state index in [1.807, 2.05) is 18.2 Å². The summed E-state index contributed by atoms with van der Waals surface area (Å²) >= 11 is 0. The maximum atomic E-state index is 12.8. The maximum Gasteiger partial charge on any atom is 0.306 e. The first kappa shape index (κ1) is 60.5. The lowest BCUT2D eigenvalue weighted by atomic mass is 10.1. The van der Waals surface area contributed by atoms with Crippen LogP contribution in [0.25, 0.3) is 0 Å². The monoisotopic (exact) mass is 897 g/mol. The van der Waals surface area contributed by atoms with Gasteiger partial charge in [-0.2, -0.15) is 0 Å². The van der Waals surface area contributed by atoms with Gasteiger partial charge in [-0.15, -0.1) is 0 Å². The highest BCUT2D eigenvalue weighted by atomic mass is 16.6. The van der Waals surface area contributed by atoms with Crippen LogP contribution in [0.5, 0.6) is 0 Å². The zero-order valence-electron chi connectivity index (χ0n) is 41.4. The van der Waals surface area contributed by atoms with E-state index in [2.05, 4.69) is 136 Å². The van der Waals surface area contributed by atoms with E-state index >= 15 is 0 Å². The second-order valence-electron chi connectivity index (χ2n) is 16.4. The fourth-order valence-electron chi connectivity index (χ4n) is 6.40. The number of carbonyl (C=O) groups is 3. The van der Waals surface area contributed by atoms with Crippen molar-refractivity contribution in [3.8, 4) is 0 Å². The van der Waals surface area contributed by atoms with Gasteiger partial charge in [0.2, 0.25) is 0 Å². The highest BCUT2D eigenvalue weighted by molar-refractivity contribution is 5.71. The van der Waals surface area contributed by atoms with E-state index in [1.54, 1.807) is 0 Å². The summed E-state index contributed by atoms with van der Waals surface area (Å²) in [6.45, 7) is 6.24. The van der Waals surface area contributed by atoms with Gasteiger partial charge in [-0.25, -0.2) is 0 Å². The standard InChI is InChI=1S/C59H92O6/c1-4-7-10-13-16-19-22-25-27-28-29-30-32-34-37-40-43-46-49-52-58(61)64-55-56(54-63-57(60)51-48-45-42-39-36-33-24-21-18-15-12-9-6-3)65-59(62)53-50-47-44-41-38-35-31-26-23-20-17-14-11-8-5-2/h7,9-10,12,15-21,23-27,29-30,34,37,43,46,56H,4-6,8,11,13-14,22,28,31-33,35-36,38-42,44-45,47-55H2,1-3H3/b10-7-,12-9-,18-15-,19-16-,20-17-,24-21-,26-23-,27-25-,30-29-,37-34-,46-43-. The minimum Gasteiger partial charge on any atom is -0.462 e. The van der Waals surface area contributed by atoms with Crippen LogP contribution < -0.4 is 0 Å². The third-order valence-electron chi connectivity index (χ3n) is 10.2. The molecule has 364 valence electrons. The topological polar surface area (TPSA) is 78.9 Å². The Balaban J connectivity index is 4.57. The van der Waals surface area contributed by atoms with Crippen LogP contribution >= 0.6 is 0 Å². The van der Waals surface area contributed by atoms with E-state index in [1.165, 1.54) is 32.1 Å². The van der Waals surface area contributed by atoms with Crippen molar-refractivity contribution in [1.29, 1.82) is 0 Å². The molecule has 0 saturated heterocycles. The molecule has 0 fully saturated rings. The molecule has 1 unspecified atom stereocenters. The lowest BCUT2D eigenvalue weighted by molar-refractivity contribution is -0.166. The molecule has 0 bridgehead atoms. The summed E-state index contributed by atoms with van der Waals surface area (Å²) in [6.07, 6.45) is 73.0. The fourth-order valence-corrected chi connectivity index (χ4v) is 6.40. The predicted octanol–water partition coefficient (Wildman–Crippen LogP) is 17.1. The molecule has 0 radical (unpaired) electrons. The van der Waals surface area contributed by atoms with Crippen molar-refractivity contribution < 1.29 is 28.6 Å². The Morgan fingerprint density at radius 1 is 0.338 bits per heavy atom. The first-order chi connectivity index (χ1) is 32.0. The first-order valence-electron chi connectivity index (χ1n) is 25.7. The lowest BCUT2D eigenvalue weighted by Gasteiger charge is -2.18. The van der Waals surface area contributed by atoms with Gasteiger partial charge in [0, 0.05) is 19.3 Å². The average Bonchev–Trinajstić information content (AvgIpc) is 3.30. The van der Waals surface area contributed by atoms with Gasteiger partial charge in [0.1, 0.15) is 13.2 Å². The fraction of sp³-hybridized carbons (Fsp3) is 0.576. The number of hydrogen-bond donors (Lipinski definition) is 0. The Kier molecular flexibility index (Phi) is 48.6. The Hall–Kier alpha value is -4.45. The summed E-state index contributed by atoms with van der Waals surface area (Å²) in [5.41, 5.74) is 0. The van der Waals surface area contributed by atoms with E-state index in [-0.39, 0.29) is 44.0 Å². The van der Waals surface area contributed by atoms with Crippen molar-refractivity contribution in [2.24, 2.45) is 0 Å². The van der Waals surface area contributed by atoms with E-state index in [0.717, 1.165) is 122 Å². The van der Waals surface area contributed by atoms with Crippen molar-refractivity contribution in [3.63, 3.8) is 0 Å². The molecule has 0 aliphatic carbocycles. The van der Waals surface area contributed by atoms with E-state index in [4.69, 9.17) is 14.2 Å². The normalized spacial score (nSPS) is 13.2. The van der Waals surface area contributed by atoms with Crippen molar-refractivity contribution in [2.45, 2.75) is 207 Å². The third kappa shape index (κ3) is 50.4. The van der Waals surface area contributed by atoms with Gasteiger partial charge in [0.15, 0.2) is 6.10 Å². The third-order valence-corrected chi connectivity index (χ3v) is 10.2. The highest BCUT2D eigenvalue weighted by Gasteiger charge is 2.19. The van der Waals surface area contributed by atoms with Gasteiger partial charge in [-0.05, 0) is 103 Å². The first-order valence-corrected chi connectivity index (χ1v) is 25.7. The minimum atomic E-state index is -0.828. The minimum absolute atomic E-state index is 0.122. The molecule has 1 atom stereocenters. The quantitative estimate of drug-likeness (QED) is 0.0199. The molecular weight excluding hydrogens is 805 g/mol. The summed E-state index contributed by atoms with van der Waals surface area (Å²) in [5, 5.41) is 0. The van der Waals surface area contributed by atoms with Gasteiger partial charge >= 0.3 is 17.9 Å². The van der Waals surface area contributed by atoms with Crippen LogP contribution in [0.3, 0.4) is 0 Å². The number of carbonyl (C=O) groups excluding carboxylic acids is 3. The zero-order valence-corrected chi connectivity index (χ0v) is 41.4. The number of unbranched alkanes of at least 4 members (excludes halogenated alkanes) is 14. The highest BCUT2D eigenvalue weighted by Crippen LogP contribution is 2.12. The molecule has 0 aliphatic heterocycles. The molecule has 0 saturated carbocycles. The Morgan fingerprint density at radius 3 is 1.18 bits per heavy atom. The zero-order chi connectivity index (χ0) is 47.2. The number of allylic oxidation sites excluding steroid dienone is 22. The van der Waals surface area contributed by atoms with E-state index in [0.29, 0.717) is 12.8 Å². The van der Waals surface area contributed by atoms with Gasteiger partial charge < -0.3 is 14.2 Å². The van der Waals surface area contributed by atoms with E-state index in [9.17, 15) is 14.4 Å². The molecule has 0 aromatic carbocycles. The second kappa shape index (κ2) is 52.2. The largest absolute Gasteiger partial charge is 0.462 e. The summed E-state index contributed by atoms with van der Waals surface area (Å²) in [4.78, 5) is 38.0. The Bertz CT molecular complexity index is 1450. The van der Waals surface area contributed by atoms with Gasteiger partial charge in [0.25, 0.3) is 0 Å². The van der Waals surface area contributed by atoms with Crippen molar-refractivity contribution >= 4 is 17.9 Å². The molecule has 6 heteroatoms. The van der Waals surface area contributed by atoms with Crippen LogP contribution in [0.15, 0.2) is 134 Å². The SMILES string of the molecule is CC\C=C/C=C\C=C/CCCCCCCC(=O)OCC(COC(=O)CC/C=C\C/C=C\C/C=C\C/C=C\C/C=C\C/C=C\CC)OC(=O)CCCCCCCC/C=C\C=C/CCCCC. The van der Waals surface area contributed by atoms with E-state index < -0.39 is 6.10 Å². The Morgan fingerprint density at radius 2 is 0.708 bits per heavy atom. The number of rotatable bonds is 44. The lowest BCUT2D eigenvalue weighted by Crippen LogP contribution is -2.30. The van der Waals surface area contributed by atoms with Crippen LogP contribution in [0.2, 0.25) is 0 Å². The molecule has 0 rings (SSSR count). The summed E-state index contributed by atoms with van der Waals surface area (Å²) in [5.74, 6) is -1.05. The number of ether oxygens (including phenoxy) is 3. The van der Waals surface area contributed by atoms with Gasteiger partial charge in [-0.1, -0.05) is 212 Å². The average molecular weight is 897 g/mol. The molecule has 0 aromatic rings. The molecule has 0 aromatic heterocycles. The summed E-state index contributed by atoms with van der Waals surface area (Å²) in [6, 6.07) is 0. The molecule has 65 heavy (non-hydrogen) atoms. The van der Waals surface area contributed by atoms with Gasteiger partial charge in [0.05, 0.1) is 0 Å². The summed E-state index contributed by atoms with van der Waals surface area (Å²) < 4.78 is 16.7. The van der Waals surface area contributed by atoms with Crippen molar-refractivity contribution in [1.82, 2.24) is 0 Å². The van der Waals surface area contributed by atoms with Gasteiger partial charge in [-0.3, -0.25) is 14.4 Å². The maximum absolute atomic E-state index is 12.8. The second-order valence-corrected chi connectivity index (χ2v) is 16.4. The molecule has 0 N–H and O–H groups in total. The van der Waals surface area contributed by atoms with Crippen LogP contribution in [0, 0.1) is 0 Å². The van der Waals surface area contributed by atoms with Crippen molar-refractivity contribution in [2.75, 3.05) is 13.2 Å². The smallest absolute Gasteiger partial charge is 0.306 e. The molecule has 0 heterocycles. The van der Waals surface area contributed by atoms with Crippen LogP contribution in [-0.2, 0) is 28.6 Å². The molecular formula is C59H92O6. The predicted molar refractivity (Wildman–Crippen MR) is 279 cm³/mol. The molecule has 0 aliphatic rings. The number of esters is 3. The van der Waals surface area contributed by atoms with Crippen LogP contribution in [-0.4, -0.2) is 37.2 Å². The molecule has 0 amide bonds. The number of hydrogen-bond acceptors (Lipinski definition) is 6. The summed E-state index contributed by atoms with van der Waals surface area (Å²) in [7, 11) is 0. The van der Waals surface area contributed by atoms with Crippen molar-refractivity contribution in [3.05, 3.63) is 134 Å². The van der Waals surface area contributed by atoms with Crippen LogP contribution in [0.4, 0.5) is 0 Å². The Labute approximate surface area is 398 Å². The van der Waals surface area contributed by atoms with Crippen LogP contribution in [0.1, 0.15) is 201 Å². The molecule has 6 nitrogen and oxygen atoms in total. The molecule has 0 spiro atoms.